The second-order valence-electron chi connectivity index (χ2n) is 8.80. The Hall–Kier alpha value is -1.44. The Bertz CT molecular complexity index is 849. The largest absolute Gasteiger partial charge is 0.311 e. The number of rotatable bonds is 5. The fraction of sp³-hybridized carbons (Fsp3) is 0.682. The monoisotopic (exact) mass is 419 g/mol. The van der Waals surface area contributed by atoms with E-state index in [0.29, 0.717) is 43.0 Å². The van der Waals surface area contributed by atoms with Crippen molar-refractivity contribution in [1.82, 2.24) is 9.62 Å². The van der Waals surface area contributed by atoms with Gasteiger partial charge < -0.3 is 10.2 Å². The fourth-order valence-electron chi connectivity index (χ4n) is 5.00. The van der Waals surface area contributed by atoms with E-state index in [1.807, 2.05) is 11.0 Å². The quantitative estimate of drug-likeness (QED) is 0.797. The topological polar surface area (TPSA) is 69.7 Å². The molecule has 2 heterocycles. The first-order valence-electron chi connectivity index (χ1n) is 11.1. The lowest BCUT2D eigenvalue weighted by Crippen LogP contribution is -2.46. The van der Waals surface area contributed by atoms with Gasteiger partial charge in [-0.15, -0.1) is 0 Å². The van der Waals surface area contributed by atoms with Crippen LogP contribution in [0.2, 0.25) is 0 Å². The summed E-state index contributed by atoms with van der Waals surface area (Å²) in [4.78, 5) is 15.1. The van der Waals surface area contributed by atoms with Crippen LogP contribution in [0.25, 0.3) is 0 Å². The third-order valence-corrected chi connectivity index (χ3v) is 8.70. The van der Waals surface area contributed by atoms with Gasteiger partial charge in [-0.2, -0.15) is 4.31 Å². The van der Waals surface area contributed by atoms with Crippen LogP contribution in [0.5, 0.6) is 0 Å². The van der Waals surface area contributed by atoms with E-state index in [-0.39, 0.29) is 5.91 Å². The molecule has 2 fully saturated rings. The van der Waals surface area contributed by atoms with Crippen molar-refractivity contribution in [3.63, 3.8) is 0 Å². The molecule has 0 aromatic heterocycles. The van der Waals surface area contributed by atoms with Crippen molar-refractivity contribution in [3.05, 3.63) is 23.8 Å². The number of benzene rings is 1. The zero-order chi connectivity index (χ0) is 20.4. The van der Waals surface area contributed by atoms with Gasteiger partial charge in [0.25, 0.3) is 0 Å². The van der Waals surface area contributed by atoms with E-state index in [2.05, 4.69) is 12.2 Å². The highest BCUT2D eigenvalue weighted by atomic mass is 32.2. The Morgan fingerprint density at radius 1 is 1.07 bits per heavy atom. The van der Waals surface area contributed by atoms with Gasteiger partial charge in [-0.25, -0.2) is 8.42 Å². The third kappa shape index (κ3) is 4.37. The molecule has 160 valence electrons. The molecule has 2 aliphatic heterocycles. The average molecular weight is 420 g/mol. The molecule has 0 bridgehead atoms. The molecular formula is C22H33N3O3S. The SMILES string of the molecule is CC1CCCCC1NCC(=O)N1CCCc2cc(S(=O)(=O)N3CCCC3)ccc21. The van der Waals surface area contributed by atoms with E-state index < -0.39 is 10.0 Å². The van der Waals surface area contributed by atoms with E-state index in [0.717, 1.165) is 43.4 Å². The number of carbonyl (C=O) groups is 1. The normalized spacial score (nSPS) is 25.8. The Labute approximate surface area is 174 Å². The van der Waals surface area contributed by atoms with Crippen molar-refractivity contribution >= 4 is 21.6 Å². The standard InChI is InChI=1S/C22H33N3O3S/c1-17-7-2-3-9-20(17)23-16-22(26)25-14-6-8-18-15-19(10-11-21(18)25)29(27,28)24-12-4-5-13-24/h10-11,15,17,20,23H,2-9,12-14,16H2,1H3. The van der Waals surface area contributed by atoms with Crippen LogP contribution < -0.4 is 10.2 Å². The number of carbonyl (C=O) groups excluding carboxylic acids is 1. The van der Waals surface area contributed by atoms with E-state index in [9.17, 15) is 13.2 Å². The molecule has 7 heteroatoms. The van der Waals surface area contributed by atoms with E-state index >= 15 is 0 Å². The maximum Gasteiger partial charge on any atom is 0.243 e. The molecule has 0 radical (unpaired) electrons. The van der Waals surface area contributed by atoms with Crippen LogP contribution in [0.1, 0.15) is 57.4 Å². The van der Waals surface area contributed by atoms with Crippen LogP contribution in [0.4, 0.5) is 5.69 Å². The summed E-state index contributed by atoms with van der Waals surface area (Å²) in [5.74, 6) is 0.697. The summed E-state index contributed by atoms with van der Waals surface area (Å²) in [6.45, 7) is 4.53. The Morgan fingerprint density at radius 2 is 1.83 bits per heavy atom. The van der Waals surface area contributed by atoms with Crippen molar-refractivity contribution < 1.29 is 13.2 Å². The zero-order valence-electron chi connectivity index (χ0n) is 17.4. The van der Waals surface area contributed by atoms with Gasteiger partial charge in [0.2, 0.25) is 15.9 Å². The molecule has 2 atom stereocenters. The molecule has 1 aliphatic carbocycles. The van der Waals surface area contributed by atoms with E-state index in [1.54, 1.807) is 16.4 Å². The Kier molecular flexibility index (Phi) is 6.27. The van der Waals surface area contributed by atoms with Crippen LogP contribution >= 0.6 is 0 Å². The molecule has 1 aromatic rings. The van der Waals surface area contributed by atoms with Gasteiger partial charge in [-0.1, -0.05) is 19.8 Å². The maximum atomic E-state index is 12.9. The van der Waals surface area contributed by atoms with Crippen LogP contribution in [0, 0.1) is 5.92 Å². The molecule has 1 aromatic carbocycles. The van der Waals surface area contributed by atoms with Crippen molar-refractivity contribution in [1.29, 1.82) is 0 Å². The molecule has 1 saturated carbocycles. The first-order valence-corrected chi connectivity index (χ1v) is 12.6. The zero-order valence-corrected chi connectivity index (χ0v) is 18.2. The molecule has 29 heavy (non-hydrogen) atoms. The minimum atomic E-state index is -3.42. The summed E-state index contributed by atoms with van der Waals surface area (Å²) >= 11 is 0. The number of sulfonamides is 1. The van der Waals surface area contributed by atoms with E-state index in [4.69, 9.17) is 0 Å². The second-order valence-corrected chi connectivity index (χ2v) is 10.7. The number of nitrogens with zero attached hydrogens (tertiary/aromatic N) is 2. The first kappa shape index (κ1) is 20.8. The van der Waals surface area contributed by atoms with Crippen LogP contribution in [-0.2, 0) is 21.2 Å². The summed E-state index contributed by atoms with van der Waals surface area (Å²) in [7, 11) is -3.42. The highest BCUT2D eigenvalue weighted by molar-refractivity contribution is 7.89. The lowest BCUT2D eigenvalue weighted by molar-refractivity contribution is -0.118. The van der Waals surface area contributed by atoms with Crippen molar-refractivity contribution in [2.45, 2.75) is 69.2 Å². The molecule has 2 unspecified atom stereocenters. The van der Waals surface area contributed by atoms with Gasteiger partial charge in [0, 0.05) is 31.4 Å². The predicted molar refractivity (Wildman–Crippen MR) is 115 cm³/mol. The summed E-state index contributed by atoms with van der Waals surface area (Å²) in [6, 6.07) is 5.72. The molecular weight excluding hydrogens is 386 g/mol. The third-order valence-electron chi connectivity index (χ3n) is 6.80. The maximum absolute atomic E-state index is 12.9. The number of hydrogen-bond donors (Lipinski definition) is 1. The number of aryl methyl sites for hydroxylation is 1. The minimum absolute atomic E-state index is 0.0823. The second kappa shape index (κ2) is 8.74. The number of amides is 1. The summed E-state index contributed by atoms with van der Waals surface area (Å²) in [5, 5.41) is 3.48. The molecule has 3 aliphatic rings. The molecule has 0 spiro atoms. The molecule has 1 amide bonds. The average Bonchev–Trinajstić information content (AvgIpc) is 3.28. The van der Waals surface area contributed by atoms with Gasteiger partial charge in [-0.3, -0.25) is 4.79 Å². The predicted octanol–water partition coefficient (Wildman–Crippen LogP) is 2.92. The van der Waals surface area contributed by atoms with Crippen molar-refractivity contribution in [2.75, 3.05) is 31.1 Å². The van der Waals surface area contributed by atoms with Gasteiger partial charge in [0.1, 0.15) is 0 Å². The molecule has 1 saturated heterocycles. The summed E-state index contributed by atoms with van der Waals surface area (Å²) in [5.41, 5.74) is 1.84. The summed E-state index contributed by atoms with van der Waals surface area (Å²) < 4.78 is 27.3. The van der Waals surface area contributed by atoms with Crippen molar-refractivity contribution in [2.24, 2.45) is 5.92 Å². The van der Waals surface area contributed by atoms with Gasteiger partial charge in [0.05, 0.1) is 11.4 Å². The lowest BCUT2D eigenvalue weighted by Gasteiger charge is -2.33. The molecule has 4 rings (SSSR count). The van der Waals surface area contributed by atoms with Crippen LogP contribution in [-0.4, -0.2) is 50.9 Å². The van der Waals surface area contributed by atoms with Gasteiger partial charge in [0.15, 0.2) is 0 Å². The van der Waals surface area contributed by atoms with Gasteiger partial charge >= 0.3 is 0 Å². The molecule has 1 N–H and O–H groups in total. The lowest BCUT2D eigenvalue weighted by atomic mass is 9.86. The Morgan fingerprint density at radius 3 is 2.59 bits per heavy atom. The highest BCUT2D eigenvalue weighted by Crippen LogP contribution is 2.31. The Balaban J connectivity index is 1.47. The first-order chi connectivity index (χ1) is 14.0. The summed E-state index contributed by atoms with van der Waals surface area (Å²) in [6.07, 6.45) is 8.43. The number of hydrogen-bond acceptors (Lipinski definition) is 4. The fourth-order valence-corrected chi connectivity index (χ4v) is 6.57. The van der Waals surface area contributed by atoms with E-state index in [1.165, 1.54) is 19.3 Å². The molecule has 6 nitrogen and oxygen atoms in total. The van der Waals surface area contributed by atoms with Gasteiger partial charge in [-0.05, 0) is 68.2 Å². The van der Waals surface area contributed by atoms with Crippen LogP contribution in [0.15, 0.2) is 23.1 Å². The number of anilines is 1. The van der Waals surface area contributed by atoms with Crippen molar-refractivity contribution in [3.8, 4) is 0 Å². The number of nitrogens with one attached hydrogen (secondary N) is 1. The minimum Gasteiger partial charge on any atom is -0.311 e. The number of fused-ring (bicyclic) bond motifs is 1. The smallest absolute Gasteiger partial charge is 0.243 e. The highest BCUT2D eigenvalue weighted by Gasteiger charge is 2.30. The van der Waals surface area contributed by atoms with Crippen LogP contribution in [0.3, 0.4) is 0 Å².